The summed E-state index contributed by atoms with van der Waals surface area (Å²) in [6.45, 7) is 1.56. The third-order valence-electron chi connectivity index (χ3n) is 6.10. The molecular formula is C22H25N3O5. The lowest BCUT2D eigenvalue weighted by atomic mass is 9.94. The number of carbonyl (C=O) groups excluding carboxylic acids is 2. The predicted octanol–water partition coefficient (Wildman–Crippen LogP) is 2.78. The molecule has 1 unspecified atom stereocenters. The molecule has 1 atom stereocenters. The average molecular weight is 411 g/mol. The smallest absolute Gasteiger partial charge is 0.274 e. The second kappa shape index (κ2) is 8.01. The van der Waals surface area contributed by atoms with Gasteiger partial charge in [0.1, 0.15) is 13.2 Å². The summed E-state index contributed by atoms with van der Waals surface area (Å²) < 4.78 is 16.7. The summed E-state index contributed by atoms with van der Waals surface area (Å²) in [6.07, 6.45) is 7.29. The highest BCUT2D eigenvalue weighted by molar-refractivity contribution is 5.98. The zero-order valence-corrected chi connectivity index (χ0v) is 16.8. The van der Waals surface area contributed by atoms with Crippen LogP contribution in [-0.4, -0.2) is 53.5 Å². The molecule has 1 N–H and O–H groups in total. The van der Waals surface area contributed by atoms with Crippen LogP contribution in [0.2, 0.25) is 0 Å². The van der Waals surface area contributed by atoms with Gasteiger partial charge < -0.3 is 24.1 Å². The molecule has 1 aromatic heterocycles. The highest BCUT2D eigenvalue weighted by Gasteiger charge is 2.36. The zero-order chi connectivity index (χ0) is 20.5. The Kier molecular flexibility index (Phi) is 5.06. The van der Waals surface area contributed by atoms with E-state index in [1.807, 2.05) is 11.0 Å². The molecule has 2 amide bonds. The van der Waals surface area contributed by atoms with Gasteiger partial charge >= 0.3 is 0 Å². The Morgan fingerprint density at radius 3 is 2.73 bits per heavy atom. The van der Waals surface area contributed by atoms with E-state index in [-0.39, 0.29) is 23.6 Å². The van der Waals surface area contributed by atoms with Gasteiger partial charge in [-0.1, -0.05) is 19.3 Å². The largest absolute Gasteiger partial charge is 0.486 e. The first-order chi connectivity index (χ1) is 14.7. The van der Waals surface area contributed by atoms with Crippen molar-refractivity contribution in [3.8, 4) is 22.8 Å². The lowest BCUT2D eigenvalue weighted by molar-refractivity contribution is -0.130. The van der Waals surface area contributed by atoms with E-state index in [0.717, 1.165) is 12.8 Å². The quantitative estimate of drug-likeness (QED) is 0.832. The maximum Gasteiger partial charge on any atom is 0.274 e. The number of aromatic nitrogens is 1. The third-order valence-corrected chi connectivity index (χ3v) is 6.10. The summed E-state index contributed by atoms with van der Waals surface area (Å²) in [4.78, 5) is 31.5. The Labute approximate surface area is 174 Å². The summed E-state index contributed by atoms with van der Waals surface area (Å²) in [5.74, 6) is 1.45. The Morgan fingerprint density at radius 2 is 1.90 bits per heavy atom. The van der Waals surface area contributed by atoms with E-state index < -0.39 is 0 Å². The Balaban J connectivity index is 1.29. The number of nitrogens with one attached hydrogen (secondary N) is 1. The molecular weight excluding hydrogens is 386 g/mol. The number of fused-ring (bicyclic) bond motifs is 1. The Bertz CT molecular complexity index is 950. The predicted molar refractivity (Wildman–Crippen MR) is 107 cm³/mol. The summed E-state index contributed by atoms with van der Waals surface area (Å²) in [5, 5.41) is 2.97. The van der Waals surface area contributed by atoms with E-state index in [1.165, 1.54) is 25.7 Å². The number of rotatable bonds is 4. The minimum absolute atomic E-state index is 0.124. The number of hydrogen-bond donors (Lipinski definition) is 1. The van der Waals surface area contributed by atoms with Crippen LogP contribution in [0.5, 0.6) is 11.5 Å². The molecule has 2 fully saturated rings. The van der Waals surface area contributed by atoms with Crippen molar-refractivity contribution in [3.63, 3.8) is 0 Å². The van der Waals surface area contributed by atoms with Crippen molar-refractivity contribution in [2.45, 2.75) is 50.6 Å². The van der Waals surface area contributed by atoms with Crippen molar-refractivity contribution >= 4 is 11.8 Å². The number of carbonyl (C=O) groups is 2. The molecule has 2 aliphatic heterocycles. The van der Waals surface area contributed by atoms with Crippen LogP contribution in [0.25, 0.3) is 11.3 Å². The Hall–Kier alpha value is -3.03. The van der Waals surface area contributed by atoms with Crippen molar-refractivity contribution in [3.05, 3.63) is 30.3 Å². The van der Waals surface area contributed by atoms with Crippen LogP contribution < -0.4 is 14.8 Å². The lowest BCUT2D eigenvalue weighted by Crippen LogP contribution is -2.41. The van der Waals surface area contributed by atoms with Crippen LogP contribution in [0.15, 0.2) is 29.0 Å². The van der Waals surface area contributed by atoms with Gasteiger partial charge in [0.15, 0.2) is 29.3 Å². The van der Waals surface area contributed by atoms with Gasteiger partial charge in [-0.05, 0) is 31.0 Å². The van der Waals surface area contributed by atoms with E-state index in [1.54, 1.807) is 12.1 Å². The zero-order valence-electron chi connectivity index (χ0n) is 16.8. The topological polar surface area (TPSA) is 93.9 Å². The minimum Gasteiger partial charge on any atom is -0.486 e. The van der Waals surface area contributed by atoms with Crippen molar-refractivity contribution in [1.29, 1.82) is 0 Å². The normalized spacial score (nSPS) is 21.7. The number of hydrogen-bond acceptors (Lipinski definition) is 6. The maximum atomic E-state index is 12.9. The standard InChI is InChI=1S/C22H25N3O5/c26-19-11-15(12-25(19)16-4-2-1-3-5-16)24-22(27)20-21(30-13-23-20)14-6-7-17-18(10-14)29-9-8-28-17/h6-7,10,13,15-16H,1-5,8-9,11-12H2,(H,24,27). The SMILES string of the molecule is O=C(NC1CC(=O)N(C2CCCCC2)C1)c1ncoc1-c1ccc2c(c1)OCCO2. The molecule has 1 aromatic carbocycles. The van der Waals surface area contributed by atoms with Gasteiger partial charge in [0.2, 0.25) is 5.91 Å². The maximum absolute atomic E-state index is 12.9. The summed E-state index contributed by atoms with van der Waals surface area (Å²) in [7, 11) is 0. The van der Waals surface area contributed by atoms with E-state index in [0.29, 0.717) is 55.0 Å². The highest BCUT2D eigenvalue weighted by Crippen LogP contribution is 2.35. The second-order valence-electron chi connectivity index (χ2n) is 8.10. The minimum atomic E-state index is -0.336. The highest BCUT2D eigenvalue weighted by atomic mass is 16.6. The van der Waals surface area contributed by atoms with Crippen LogP contribution in [0.1, 0.15) is 49.0 Å². The first-order valence-electron chi connectivity index (χ1n) is 10.6. The van der Waals surface area contributed by atoms with Gasteiger partial charge in [0.05, 0.1) is 6.04 Å². The van der Waals surface area contributed by atoms with Crippen molar-refractivity contribution in [2.75, 3.05) is 19.8 Å². The second-order valence-corrected chi connectivity index (χ2v) is 8.10. The first-order valence-corrected chi connectivity index (χ1v) is 10.6. The molecule has 3 heterocycles. The van der Waals surface area contributed by atoms with Gasteiger partial charge in [0, 0.05) is 24.6 Å². The Morgan fingerprint density at radius 1 is 1.10 bits per heavy atom. The fourth-order valence-electron chi connectivity index (χ4n) is 4.62. The fourth-order valence-corrected chi connectivity index (χ4v) is 4.62. The molecule has 2 aromatic rings. The summed E-state index contributed by atoms with van der Waals surface area (Å²) in [6, 6.07) is 5.50. The van der Waals surface area contributed by atoms with Crippen LogP contribution in [0, 0.1) is 0 Å². The molecule has 8 heteroatoms. The van der Waals surface area contributed by atoms with E-state index in [2.05, 4.69) is 10.3 Å². The molecule has 5 rings (SSSR count). The third kappa shape index (κ3) is 3.62. The molecule has 158 valence electrons. The van der Waals surface area contributed by atoms with E-state index in [4.69, 9.17) is 13.9 Å². The average Bonchev–Trinajstić information content (AvgIpc) is 3.41. The first kappa shape index (κ1) is 19.0. The summed E-state index contributed by atoms with van der Waals surface area (Å²) >= 11 is 0. The van der Waals surface area contributed by atoms with Gasteiger partial charge in [-0.25, -0.2) is 4.98 Å². The van der Waals surface area contributed by atoms with Crippen LogP contribution in [0.3, 0.4) is 0 Å². The van der Waals surface area contributed by atoms with Crippen LogP contribution >= 0.6 is 0 Å². The fraction of sp³-hybridized carbons (Fsp3) is 0.500. The van der Waals surface area contributed by atoms with Crippen LogP contribution in [-0.2, 0) is 4.79 Å². The van der Waals surface area contributed by atoms with Crippen molar-refractivity contribution in [2.24, 2.45) is 0 Å². The van der Waals surface area contributed by atoms with Gasteiger partial charge in [-0.15, -0.1) is 0 Å². The van der Waals surface area contributed by atoms with Gasteiger partial charge in [-0.3, -0.25) is 9.59 Å². The molecule has 8 nitrogen and oxygen atoms in total. The molecule has 1 saturated heterocycles. The monoisotopic (exact) mass is 411 g/mol. The molecule has 0 spiro atoms. The number of oxazole rings is 1. The van der Waals surface area contributed by atoms with Gasteiger partial charge in [0.25, 0.3) is 5.91 Å². The molecule has 0 bridgehead atoms. The molecule has 1 aliphatic carbocycles. The van der Waals surface area contributed by atoms with Crippen LogP contribution in [0.4, 0.5) is 0 Å². The van der Waals surface area contributed by atoms with E-state index in [9.17, 15) is 9.59 Å². The molecule has 1 saturated carbocycles. The number of amides is 2. The molecule has 3 aliphatic rings. The number of nitrogens with zero attached hydrogens (tertiary/aromatic N) is 2. The number of benzene rings is 1. The van der Waals surface area contributed by atoms with Crippen molar-refractivity contribution in [1.82, 2.24) is 15.2 Å². The number of ether oxygens (including phenoxy) is 2. The van der Waals surface area contributed by atoms with Crippen molar-refractivity contribution < 1.29 is 23.5 Å². The number of likely N-dealkylation sites (tertiary alicyclic amines) is 1. The van der Waals surface area contributed by atoms with E-state index >= 15 is 0 Å². The molecule has 0 radical (unpaired) electrons. The summed E-state index contributed by atoms with van der Waals surface area (Å²) in [5.41, 5.74) is 0.892. The molecule has 30 heavy (non-hydrogen) atoms. The lowest BCUT2D eigenvalue weighted by Gasteiger charge is -2.31. The van der Waals surface area contributed by atoms with Gasteiger partial charge in [-0.2, -0.15) is 0 Å².